The van der Waals surface area contributed by atoms with E-state index in [1.165, 1.54) is 0 Å². The smallest absolute Gasteiger partial charge is 0.223 e. The first-order valence-electron chi connectivity index (χ1n) is 7.59. The van der Waals surface area contributed by atoms with Gasteiger partial charge in [-0.2, -0.15) is 0 Å². The predicted octanol–water partition coefficient (Wildman–Crippen LogP) is 4.33. The molecule has 0 spiro atoms. The Morgan fingerprint density at radius 2 is 1.92 bits per heavy atom. The van der Waals surface area contributed by atoms with Gasteiger partial charge in [0, 0.05) is 28.5 Å². The number of rotatable bonds is 5. The van der Waals surface area contributed by atoms with Gasteiger partial charge in [0.15, 0.2) is 0 Å². The molecule has 3 atom stereocenters. The maximum atomic E-state index is 12.3. The molecule has 1 saturated carbocycles. The van der Waals surface area contributed by atoms with Gasteiger partial charge in [0.2, 0.25) is 5.91 Å². The van der Waals surface area contributed by atoms with Crippen LogP contribution in [0.3, 0.4) is 0 Å². The molecule has 1 aliphatic rings. The van der Waals surface area contributed by atoms with E-state index < -0.39 is 0 Å². The highest BCUT2D eigenvalue weighted by Crippen LogP contribution is 2.50. The van der Waals surface area contributed by atoms with Crippen molar-refractivity contribution in [3.63, 3.8) is 0 Å². The van der Waals surface area contributed by atoms with Gasteiger partial charge in [-0.05, 0) is 35.6 Å². The molecule has 1 fully saturated rings. The van der Waals surface area contributed by atoms with Crippen LogP contribution >= 0.6 is 35.6 Å². The molecule has 0 aliphatic heterocycles. The zero-order chi connectivity index (χ0) is 16.4. The highest BCUT2D eigenvalue weighted by molar-refractivity contribution is 6.35. The molecule has 1 amide bonds. The van der Waals surface area contributed by atoms with E-state index in [1.807, 2.05) is 36.4 Å². The second-order valence-corrected chi connectivity index (χ2v) is 6.72. The maximum Gasteiger partial charge on any atom is 0.223 e. The van der Waals surface area contributed by atoms with Gasteiger partial charge in [0.05, 0.1) is 0 Å². The van der Waals surface area contributed by atoms with Crippen LogP contribution in [0, 0.1) is 5.92 Å². The fraction of sp³-hybridized carbons (Fsp3) is 0.278. The largest absolute Gasteiger partial charge is 0.354 e. The summed E-state index contributed by atoms with van der Waals surface area (Å²) in [7, 11) is 0. The Morgan fingerprint density at radius 3 is 2.58 bits per heavy atom. The molecule has 0 saturated heterocycles. The van der Waals surface area contributed by atoms with E-state index in [4.69, 9.17) is 28.9 Å². The third-order valence-electron chi connectivity index (χ3n) is 4.21. The van der Waals surface area contributed by atoms with Crippen LogP contribution in [-0.4, -0.2) is 12.5 Å². The highest BCUT2D eigenvalue weighted by atomic mass is 35.5. The Kier molecular flexibility index (Phi) is 6.53. The molecule has 128 valence electrons. The molecule has 0 radical (unpaired) electrons. The molecule has 3 rings (SSSR count). The van der Waals surface area contributed by atoms with Gasteiger partial charge in [0.25, 0.3) is 0 Å². The van der Waals surface area contributed by atoms with Gasteiger partial charge in [-0.25, -0.2) is 0 Å². The van der Waals surface area contributed by atoms with E-state index in [0.29, 0.717) is 16.6 Å². The number of hydrogen-bond donors (Lipinski definition) is 2. The summed E-state index contributed by atoms with van der Waals surface area (Å²) in [4.78, 5) is 12.3. The van der Waals surface area contributed by atoms with Crippen LogP contribution in [-0.2, 0) is 4.79 Å². The van der Waals surface area contributed by atoms with Crippen LogP contribution in [0.2, 0.25) is 10.0 Å². The summed E-state index contributed by atoms with van der Waals surface area (Å²) in [5, 5.41) is 4.17. The fourth-order valence-corrected chi connectivity index (χ4v) is 3.34. The van der Waals surface area contributed by atoms with Gasteiger partial charge >= 0.3 is 0 Å². The molecule has 3 nitrogen and oxygen atoms in total. The Bertz CT molecular complexity index is 709. The molecule has 0 aromatic heterocycles. The van der Waals surface area contributed by atoms with Crippen molar-refractivity contribution < 1.29 is 4.79 Å². The van der Waals surface area contributed by atoms with E-state index in [1.54, 1.807) is 12.1 Å². The quantitative estimate of drug-likeness (QED) is 0.804. The minimum absolute atomic E-state index is 0. The molecule has 3 N–H and O–H groups in total. The normalized spacial score (nSPS) is 20.0. The number of benzene rings is 2. The standard InChI is InChI=1S/C18H18Cl2N2O.ClH/c19-12-6-7-13(16(20)8-12)14-9-15(14)18(23)22-10-17(21)11-4-2-1-3-5-11;/h1-8,14-15,17H,9-10,21H2,(H,22,23);1H. The Morgan fingerprint density at radius 1 is 1.21 bits per heavy atom. The SMILES string of the molecule is Cl.NC(CNC(=O)C1CC1c1ccc(Cl)cc1Cl)c1ccccc1. The Hall–Kier alpha value is -1.26. The molecule has 6 heteroatoms. The van der Waals surface area contributed by atoms with Crippen molar-refractivity contribution in [2.45, 2.75) is 18.4 Å². The van der Waals surface area contributed by atoms with E-state index >= 15 is 0 Å². The molecule has 2 aromatic rings. The lowest BCUT2D eigenvalue weighted by atomic mass is 10.1. The number of carbonyl (C=O) groups is 1. The second kappa shape index (κ2) is 8.21. The third-order valence-corrected chi connectivity index (χ3v) is 4.78. The van der Waals surface area contributed by atoms with E-state index in [0.717, 1.165) is 17.5 Å². The van der Waals surface area contributed by atoms with Crippen LogP contribution in [0.25, 0.3) is 0 Å². The average Bonchev–Trinajstić information content (AvgIpc) is 3.33. The van der Waals surface area contributed by atoms with Crippen LogP contribution in [0.4, 0.5) is 0 Å². The summed E-state index contributed by atoms with van der Waals surface area (Å²) >= 11 is 12.1. The molecule has 24 heavy (non-hydrogen) atoms. The second-order valence-electron chi connectivity index (χ2n) is 5.88. The number of hydrogen-bond acceptors (Lipinski definition) is 2. The first-order valence-corrected chi connectivity index (χ1v) is 8.35. The minimum Gasteiger partial charge on any atom is -0.354 e. The molecule has 2 aromatic carbocycles. The van der Waals surface area contributed by atoms with Crippen molar-refractivity contribution >= 4 is 41.5 Å². The van der Waals surface area contributed by atoms with E-state index in [2.05, 4.69) is 5.32 Å². The molecule has 0 heterocycles. The number of halogens is 3. The maximum absolute atomic E-state index is 12.3. The van der Waals surface area contributed by atoms with E-state index in [-0.39, 0.29) is 36.2 Å². The van der Waals surface area contributed by atoms with Gasteiger partial charge in [0.1, 0.15) is 0 Å². The lowest BCUT2D eigenvalue weighted by Gasteiger charge is -2.13. The third kappa shape index (κ3) is 4.42. The number of carbonyl (C=O) groups excluding carboxylic acids is 1. The molecular formula is C18H19Cl3N2O. The Balaban J connectivity index is 0.00000208. The summed E-state index contributed by atoms with van der Waals surface area (Å²) in [5.41, 5.74) is 8.10. The lowest BCUT2D eigenvalue weighted by molar-refractivity contribution is -0.122. The van der Waals surface area contributed by atoms with Crippen molar-refractivity contribution in [1.29, 1.82) is 0 Å². The number of nitrogens with two attached hydrogens (primary N) is 1. The molecule has 0 bridgehead atoms. The summed E-state index contributed by atoms with van der Waals surface area (Å²) in [6, 6.07) is 15.0. The summed E-state index contributed by atoms with van der Waals surface area (Å²) in [5.74, 6) is 0.178. The van der Waals surface area contributed by atoms with Crippen molar-refractivity contribution in [3.05, 3.63) is 69.7 Å². The van der Waals surface area contributed by atoms with Crippen LogP contribution in [0.5, 0.6) is 0 Å². The topological polar surface area (TPSA) is 55.1 Å². The number of amides is 1. The van der Waals surface area contributed by atoms with Crippen molar-refractivity contribution in [1.82, 2.24) is 5.32 Å². The average molecular weight is 386 g/mol. The first kappa shape index (κ1) is 19.1. The van der Waals surface area contributed by atoms with Crippen molar-refractivity contribution in [2.24, 2.45) is 11.7 Å². The summed E-state index contributed by atoms with van der Waals surface area (Å²) in [6.45, 7) is 0.431. The Labute approximate surface area is 157 Å². The predicted molar refractivity (Wildman–Crippen MR) is 101 cm³/mol. The zero-order valence-corrected chi connectivity index (χ0v) is 15.2. The minimum atomic E-state index is -0.198. The highest BCUT2D eigenvalue weighted by Gasteiger charge is 2.44. The van der Waals surface area contributed by atoms with Crippen LogP contribution < -0.4 is 11.1 Å². The molecule has 1 aliphatic carbocycles. The monoisotopic (exact) mass is 384 g/mol. The van der Waals surface area contributed by atoms with Gasteiger partial charge < -0.3 is 11.1 Å². The van der Waals surface area contributed by atoms with Crippen molar-refractivity contribution in [2.75, 3.05) is 6.54 Å². The fourth-order valence-electron chi connectivity index (χ4n) is 2.79. The lowest BCUT2D eigenvalue weighted by Crippen LogP contribution is -2.33. The van der Waals surface area contributed by atoms with Crippen LogP contribution in [0.15, 0.2) is 48.5 Å². The molecular weight excluding hydrogens is 367 g/mol. The number of nitrogens with one attached hydrogen (secondary N) is 1. The zero-order valence-electron chi connectivity index (χ0n) is 12.9. The summed E-state index contributed by atoms with van der Waals surface area (Å²) in [6.07, 6.45) is 0.813. The van der Waals surface area contributed by atoms with Gasteiger partial charge in [-0.15, -0.1) is 12.4 Å². The van der Waals surface area contributed by atoms with Crippen molar-refractivity contribution in [3.8, 4) is 0 Å². The van der Waals surface area contributed by atoms with Crippen LogP contribution in [0.1, 0.15) is 29.5 Å². The van der Waals surface area contributed by atoms with E-state index in [9.17, 15) is 4.79 Å². The van der Waals surface area contributed by atoms with Gasteiger partial charge in [-0.3, -0.25) is 4.79 Å². The van der Waals surface area contributed by atoms with Gasteiger partial charge in [-0.1, -0.05) is 59.6 Å². The first-order chi connectivity index (χ1) is 11.1. The molecule has 3 unspecified atom stereocenters. The summed E-state index contributed by atoms with van der Waals surface area (Å²) < 4.78 is 0.